The standard InChI is InChI=1S/C31H26F4N6O3/c32-26-10-7-20(16-27-23-3-1-2-4-24(23)28(42)39-38-27)15-25(26)29(43)41-14-13-40(18-22(41)11-12-36)30(44)37-17-19-5-8-21(9-6-19)31(33,34)35/h1-10,15,22H,11,13-14,16-18H2,(H,37,44)(H,39,42)/t22-/m0/s1. The molecule has 1 fully saturated rings. The zero-order valence-corrected chi connectivity index (χ0v) is 23.2. The number of H-pyrrole nitrogens is 1. The lowest BCUT2D eigenvalue weighted by Gasteiger charge is -2.40. The van der Waals surface area contributed by atoms with Crippen molar-refractivity contribution >= 4 is 22.7 Å². The molecule has 0 unspecified atom stereocenters. The number of aromatic amines is 1. The van der Waals surface area contributed by atoms with Crippen molar-refractivity contribution in [2.45, 2.75) is 31.6 Å². The normalized spacial score (nSPS) is 15.2. The molecule has 4 aromatic rings. The van der Waals surface area contributed by atoms with Crippen LogP contribution in [0.15, 0.2) is 71.5 Å². The number of nitriles is 1. The van der Waals surface area contributed by atoms with Gasteiger partial charge in [-0.25, -0.2) is 14.3 Å². The first-order chi connectivity index (χ1) is 21.0. The Kier molecular flexibility index (Phi) is 8.61. The Morgan fingerprint density at radius 2 is 1.73 bits per heavy atom. The molecule has 1 aromatic heterocycles. The molecule has 1 atom stereocenters. The van der Waals surface area contributed by atoms with Crippen LogP contribution in [0.5, 0.6) is 0 Å². The van der Waals surface area contributed by atoms with Gasteiger partial charge in [-0.1, -0.05) is 36.4 Å². The number of rotatable bonds is 6. The molecular formula is C31H26F4N6O3. The van der Waals surface area contributed by atoms with Crippen molar-refractivity contribution in [2.24, 2.45) is 0 Å². The lowest BCUT2D eigenvalue weighted by molar-refractivity contribution is -0.137. The fraction of sp³-hybridized carbons (Fsp3) is 0.258. The third kappa shape index (κ3) is 6.54. The van der Waals surface area contributed by atoms with Crippen molar-refractivity contribution < 1.29 is 27.2 Å². The van der Waals surface area contributed by atoms with E-state index in [9.17, 15) is 37.2 Å². The maximum absolute atomic E-state index is 15.0. The highest BCUT2D eigenvalue weighted by molar-refractivity contribution is 5.95. The van der Waals surface area contributed by atoms with E-state index in [2.05, 4.69) is 15.5 Å². The fourth-order valence-corrected chi connectivity index (χ4v) is 5.19. The van der Waals surface area contributed by atoms with E-state index < -0.39 is 35.5 Å². The number of nitrogens with one attached hydrogen (secondary N) is 2. The van der Waals surface area contributed by atoms with Crippen molar-refractivity contribution in [1.29, 1.82) is 5.26 Å². The number of carbonyl (C=O) groups excluding carboxylic acids is 2. The molecule has 44 heavy (non-hydrogen) atoms. The maximum Gasteiger partial charge on any atom is 0.416 e. The Labute approximate surface area is 248 Å². The molecule has 2 N–H and O–H groups in total. The van der Waals surface area contributed by atoms with Gasteiger partial charge < -0.3 is 15.1 Å². The van der Waals surface area contributed by atoms with Crippen LogP contribution in [0.25, 0.3) is 10.8 Å². The molecule has 1 aliphatic rings. The molecular weight excluding hydrogens is 580 g/mol. The van der Waals surface area contributed by atoms with Gasteiger partial charge in [-0.3, -0.25) is 9.59 Å². The Morgan fingerprint density at radius 3 is 2.43 bits per heavy atom. The van der Waals surface area contributed by atoms with Crippen LogP contribution in [0.4, 0.5) is 22.4 Å². The highest BCUT2D eigenvalue weighted by Crippen LogP contribution is 2.29. The lowest BCUT2D eigenvalue weighted by Crippen LogP contribution is -2.58. The minimum atomic E-state index is -4.46. The van der Waals surface area contributed by atoms with E-state index in [0.717, 1.165) is 12.1 Å². The predicted octanol–water partition coefficient (Wildman–Crippen LogP) is 4.62. The second-order valence-corrected chi connectivity index (χ2v) is 10.3. The molecule has 1 saturated heterocycles. The quantitative estimate of drug-likeness (QED) is 0.310. The molecule has 3 amide bonds. The third-order valence-corrected chi connectivity index (χ3v) is 7.49. The minimum absolute atomic E-state index is 0.00669. The van der Waals surface area contributed by atoms with E-state index >= 15 is 0 Å². The molecule has 0 spiro atoms. The van der Waals surface area contributed by atoms with Gasteiger partial charge in [-0.05, 0) is 41.5 Å². The Hall–Kier alpha value is -5.25. The molecule has 2 heterocycles. The summed E-state index contributed by atoms with van der Waals surface area (Å²) in [5.74, 6) is -1.38. The number of carbonyl (C=O) groups is 2. The highest BCUT2D eigenvalue weighted by Gasteiger charge is 2.34. The number of benzene rings is 3. The van der Waals surface area contributed by atoms with E-state index in [1.54, 1.807) is 24.3 Å². The number of nitrogens with zero attached hydrogens (tertiary/aromatic N) is 4. The second kappa shape index (κ2) is 12.5. The summed E-state index contributed by atoms with van der Waals surface area (Å²) in [6, 6.07) is 16.3. The lowest BCUT2D eigenvalue weighted by atomic mass is 10.0. The Bertz CT molecular complexity index is 1800. The number of fused-ring (bicyclic) bond motifs is 1. The molecule has 13 heteroatoms. The van der Waals surface area contributed by atoms with Gasteiger partial charge in [0.1, 0.15) is 5.82 Å². The average molecular weight is 607 g/mol. The topological polar surface area (TPSA) is 122 Å². The first-order valence-electron chi connectivity index (χ1n) is 13.7. The van der Waals surface area contributed by atoms with Gasteiger partial charge in [0, 0.05) is 38.0 Å². The first-order valence-corrected chi connectivity index (χ1v) is 13.7. The van der Waals surface area contributed by atoms with Gasteiger partial charge in [-0.15, -0.1) is 0 Å². The number of hydrogen-bond donors (Lipinski definition) is 2. The summed E-state index contributed by atoms with van der Waals surface area (Å²) in [4.78, 5) is 41.3. The number of hydrogen-bond acceptors (Lipinski definition) is 5. The fourth-order valence-electron chi connectivity index (χ4n) is 5.19. The largest absolute Gasteiger partial charge is 0.416 e. The van der Waals surface area contributed by atoms with Crippen LogP contribution in [-0.4, -0.2) is 57.6 Å². The Morgan fingerprint density at radius 1 is 1.02 bits per heavy atom. The van der Waals surface area contributed by atoms with Crippen LogP contribution in [0.3, 0.4) is 0 Å². The van der Waals surface area contributed by atoms with Crippen molar-refractivity contribution in [3.63, 3.8) is 0 Å². The first kappa shape index (κ1) is 30.2. The molecule has 1 aliphatic heterocycles. The molecule has 5 rings (SSSR count). The molecule has 0 aliphatic carbocycles. The zero-order valence-electron chi connectivity index (χ0n) is 23.2. The molecule has 9 nitrogen and oxygen atoms in total. The number of halogens is 4. The van der Waals surface area contributed by atoms with E-state index in [4.69, 9.17) is 0 Å². The number of alkyl halides is 3. The molecule has 3 aromatic carbocycles. The summed E-state index contributed by atoms with van der Waals surface area (Å²) in [6.07, 6.45) is -4.36. The number of piperazine rings is 1. The van der Waals surface area contributed by atoms with Crippen LogP contribution in [-0.2, 0) is 19.1 Å². The third-order valence-electron chi connectivity index (χ3n) is 7.49. The van der Waals surface area contributed by atoms with Gasteiger partial charge >= 0.3 is 12.2 Å². The molecule has 0 radical (unpaired) electrons. The number of urea groups is 1. The predicted molar refractivity (Wildman–Crippen MR) is 152 cm³/mol. The van der Waals surface area contributed by atoms with Crippen molar-refractivity contribution in [2.75, 3.05) is 19.6 Å². The van der Waals surface area contributed by atoms with Crippen LogP contribution >= 0.6 is 0 Å². The second-order valence-electron chi connectivity index (χ2n) is 10.3. The van der Waals surface area contributed by atoms with Gasteiger partial charge in [0.25, 0.3) is 11.5 Å². The van der Waals surface area contributed by atoms with Crippen LogP contribution in [0.1, 0.15) is 39.2 Å². The zero-order chi connectivity index (χ0) is 31.4. The summed E-state index contributed by atoms with van der Waals surface area (Å²) in [5, 5.41) is 19.8. The van der Waals surface area contributed by atoms with E-state index in [1.807, 2.05) is 6.07 Å². The molecule has 226 valence electrons. The van der Waals surface area contributed by atoms with Gasteiger partial charge in [0.2, 0.25) is 0 Å². The summed E-state index contributed by atoms with van der Waals surface area (Å²) in [7, 11) is 0. The average Bonchev–Trinajstić information content (AvgIpc) is 3.02. The van der Waals surface area contributed by atoms with Crippen molar-refractivity contribution in [3.05, 3.63) is 111 Å². The van der Waals surface area contributed by atoms with Crippen molar-refractivity contribution in [3.8, 4) is 6.07 Å². The monoisotopic (exact) mass is 606 g/mol. The Balaban J connectivity index is 1.27. The number of aromatic nitrogens is 2. The van der Waals surface area contributed by atoms with Crippen molar-refractivity contribution in [1.82, 2.24) is 25.3 Å². The van der Waals surface area contributed by atoms with E-state index in [-0.39, 0.29) is 50.1 Å². The minimum Gasteiger partial charge on any atom is -0.334 e. The smallest absolute Gasteiger partial charge is 0.334 e. The van der Waals surface area contributed by atoms with Gasteiger partial charge in [-0.2, -0.15) is 23.5 Å². The van der Waals surface area contributed by atoms with Gasteiger partial charge in [0.15, 0.2) is 0 Å². The SMILES string of the molecule is N#CC[C@H]1CN(C(=O)NCc2ccc(C(F)(F)F)cc2)CCN1C(=O)c1cc(Cc2n[nH]c(=O)c3ccccc23)ccc1F. The maximum atomic E-state index is 15.0. The number of amides is 3. The van der Waals surface area contributed by atoms with Crippen LogP contribution in [0.2, 0.25) is 0 Å². The van der Waals surface area contributed by atoms with Gasteiger partial charge in [0.05, 0.1) is 40.7 Å². The molecule has 0 saturated carbocycles. The summed E-state index contributed by atoms with van der Waals surface area (Å²) >= 11 is 0. The molecule has 0 bridgehead atoms. The van der Waals surface area contributed by atoms with E-state index in [0.29, 0.717) is 27.6 Å². The highest BCUT2D eigenvalue weighted by atomic mass is 19.4. The summed E-state index contributed by atoms with van der Waals surface area (Å²) in [6.45, 7) is 0.124. The van der Waals surface area contributed by atoms with Crippen LogP contribution < -0.4 is 10.9 Å². The summed E-state index contributed by atoms with van der Waals surface area (Å²) in [5.41, 5.74) is 0.265. The summed E-state index contributed by atoms with van der Waals surface area (Å²) < 4.78 is 53.4. The van der Waals surface area contributed by atoms with E-state index in [1.165, 1.54) is 40.1 Å². The van der Waals surface area contributed by atoms with Crippen LogP contribution in [0, 0.1) is 17.1 Å².